The minimum Gasteiger partial charge on any atom is -0.330 e. The lowest BCUT2D eigenvalue weighted by atomic mass is 9.96. The van der Waals surface area contributed by atoms with Crippen LogP contribution in [0.5, 0.6) is 0 Å². The first-order valence-corrected chi connectivity index (χ1v) is 6.55. The van der Waals surface area contributed by atoms with Crippen LogP contribution in [0.15, 0.2) is 0 Å². The van der Waals surface area contributed by atoms with Crippen LogP contribution in [0.2, 0.25) is 0 Å². The minimum absolute atomic E-state index is 0.797. The van der Waals surface area contributed by atoms with Crippen LogP contribution in [-0.2, 0) is 0 Å². The molecule has 0 aromatic rings. The van der Waals surface area contributed by atoms with Crippen molar-refractivity contribution in [2.45, 2.75) is 71.6 Å². The summed E-state index contributed by atoms with van der Waals surface area (Å²) < 4.78 is 0. The van der Waals surface area contributed by atoms with Crippen LogP contribution in [0.1, 0.15) is 71.6 Å². The zero-order valence-corrected chi connectivity index (χ0v) is 10.2. The molecule has 0 aromatic heterocycles. The summed E-state index contributed by atoms with van der Waals surface area (Å²) in [5.74, 6) is 0.797. The molecule has 0 rings (SSSR count). The lowest BCUT2D eigenvalue weighted by Gasteiger charge is -2.12. The van der Waals surface area contributed by atoms with Gasteiger partial charge >= 0.3 is 0 Å². The summed E-state index contributed by atoms with van der Waals surface area (Å²) in [6, 6.07) is 0. The zero-order valence-electron chi connectivity index (χ0n) is 10.2. The van der Waals surface area contributed by atoms with Gasteiger partial charge in [0, 0.05) is 0 Å². The molecule has 0 aliphatic carbocycles. The monoisotopic (exact) mass is 199 g/mol. The van der Waals surface area contributed by atoms with Crippen LogP contribution in [0, 0.1) is 5.92 Å². The van der Waals surface area contributed by atoms with Gasteiger partial charge in [0.15, 0.2) is 0 Å². The van der Waals surface area contributed by atoms with Crippen molar-refractivity contribution in [1.82, 2.24) is 0 Å². The third-order valence-electron chi connectivity index (χ3n) is 3.00. The Labute approximate surface area is 90.5 Å². The van der Waals surface area contributed by atoms with E-state index in [1.807, 2.05) is 0 Å². The molecule has 1 nitrogen and oxygen atoms in total. The molecule has 14 heavy (non-hydrogen) atoms. The first kappa shape index (κ1) is 14.0. The van der Waals surface area contributed by atoms with Crippen molar-refractivity contribution in [3.05, 3.63) is 0 Å². The van der Waals surface area contributed by atoms with Crippen LogP contribution < -0.4 is 5.73 Å². The van der Waals surface area contributed by atoms with Crippen molar-refractivity contribution in [3.8, 4) is 0 Å². The molecule has 1 heteroatoms. The van der Waals surface area contributed by atoms with Crippen LogP contribution >= 0.6 is 0 Å². The van der Waals surface area contributed by atoms with Crippen LogP contribution in [0.25, 0.3) is 0 Å². The third kappa shape index (κ3) is 8.55. The SMILES string of the molecule is CCCCCCCCC(CN)CCC. The van der Waals surface area contributed by atoms with E-state index in [0.717, 1.165) is 12.5 Å². The quantitative estimate of drug-likeness (QED) is 0.526. The number of nitrogens with two attached hydrogens (primary N) is 1. The average molecular weight is 199 g/mol. The van der Waals surface area contributed by atoms with Crippen molar-refractivity contribution in [2.75, 3.05) is 6.54 Å². The summed E-state index contributed by atoms with van der Waals surface area (Å²) >= 11 is 0. The highest BCUT2D eigenvalue weighted by Crippen LogP contribution is 2.15. The van der Waals surface area contributed by atoms with E-state index in [-0.39, 0.29) is 0 Å². The summed E-state index contributed by atoms with van der Waals surface area (Å²) in [4.78, 5) is 0. The molecule has 0 spiro atoms. The predicted molar refractivity (Wildman–Crippen MR) is 65.4 cm³/mol. The number of hydrogen-bond donors (Lipinski definition) is 1. The van der Waals surface area contributed by atoms with Gasteiger partial charge in [-0.05, 0) is 25.3 Å². The van der Waals surface area contributed by atoms with E-state index in [1.165, 1.54) is 57.8 Å². The van der Waals surface area contributed by atoms with Gasteiger partial charge in [-0.2, -0.15) is 0 Å². The maximum absolute atomic E-state index is 5.72. The first-order valence-electron chi connectivity index (χ1n) is 6.55. The molecule has 0 amide bonds. The summed E-state index contributed by atoms with van der Waals surface area (Å²) in [7, 11) is 0. The third-order valence-corrected chi connectivity index (χ3v) is 3.00. The summed E-state index contributed by atoms with van der Waals surface area (Å²) in [5.41, 5.74) is 5.72. The van der Waals surface area contributed by atoms with Gasteiger partial charge in [-0.1, -0.05) is 58.8 Å². The molecular formula is C13H29N. The molecule has 86 valence electrons. The molecule has 0 aliphatic heterocycles. The Morgan fingerprint density at radius 3 is 2.00 bits per heavy atom. The standard InChI is InChI=1S/C13H29N/c1-3-5-6-7-8-9-11-13(12-14)10-4-2/h13H,3-12,14H2,1-2H3. The van der Waals surface area contributed by atoms with Crippen molar-refractivity contribution >= 4 is 0 Å². The Morgan fingerprint density at radius 1 is 0.786 bits per heavy atom. The number of unbranched alkanes of at least 4 members (excludes halogenated alkanes) is 5. The molecule has 2 N–H and O–H groups in total. The molecule has 0 heterocycles. The van der Waals surface area contributed by atoms with Gasteiger partial charge in [-0.15, -0.1) is 0 Å². The largest absolute Gasteiger partial charge is 0.330 e. The molecule has 0 saturated carbocycles. The van der Waals surface area contributed by atoms with E-state index in [1.54, 1.807) is 0 Å². The van der Waals surface area contributed by atoms with Crippen molar-refractivity contribution in [3.63, 3.8) is 0 Å². The van der Waals surface area contributed by atoms with Gasteiger partial charge < -0.3 is 5.73 Å². The van der Waals surface area contributed by atoms with Gasteiger partial charge in [0.2, 0.25) is 0 Å². The minimum atomic E-state index is 0.797. The van der Waals surface area contributed by atoms with Crippen LogP contribution in [-0.4, -0.2) is 6.54 Å². The van der Waals surface area contributed by atoms with Gasteiger partial charge in [-0.3, -0.25) is 0 Å². The number of rotatable bonds is 10. The van der Waals surface area contributed by atoms with Gasteiger partial charge in [0.1, 0.15) is 0 Å². The fourth-order valence-electron chi connectivity index (χ4n) is 2.00. The molecule has 0 aliphatic rings. The van der Waals surface area contributed by atoms with E-state index in [9.17, 15) is 0 Å². The topological polar surface area (TPSA) is 26.0 Å². The second-order valence-corrected chi connectivity index (χ2v) is 4.45. The van der Waals surface area contributed by atoms with Crippen LogP contribution in [0.4, 0.5) is 0 Å². The summed E-state index contributed by atoms with van der Waals surface area (Å²) in [6.07, 6.45) is 12.4. The highest BCUT2D eigenvalue weighted by molar-refractivity contribution is 4.59. The smallest absolute Gasteiger partial charge is 0.00489 e. The van der Waals surface area contributed by atoms with Gasteiger partial charge in [-0.25, -0.2) is 0 Å². The predicted octanol–water partition coefficient (Wildman–Crippen LogP) is 4.11. The fourth-order valence-corrected chi connectivity index (χ4v) is 2.00. The molecule has 0 fully saturated rings. The Bertz CT molecular complexity index is 101. The highest BCUT2D eigenvalue weighted by Gasteiger charge is 2.04. The number of hydrogen-bond acceptors (Lipinski definition) is 1. The maximum atomic E-state index is 5.72. The normalized spacial score (nSPS) is 13.1. The van der Waals surface area contributed by atoms with Gasteiger partial charge in [0.05, 0.1) is 0 Å². The van der Waals surface area contributed by atoms with E-state index >= 15 is 0 Å². The molecule has 0 aromatic carbocycles. The van der Waals surface area contributed by atoms with Crippen LogP contribution in [0.3, 0.4) is 0 Å². The molecule has 1 unspecified atom stereocenters. The lowest BCUT2D eigenvalue weighted by Crippen LogP contribution is -2.13. The fraction of sp³-hybridized carbons (Fsp3) is 1.00. The first-order chi connectivity index (χ1) is 6.85. The Morgan fingerprint density at radius 2 is 1.43 bits per heavy atom. The summed E-state index contributed by atoms with van der Waals surface area (Å²) in [6.45, 7) is 5.42. The average Bonchev–Trinajstić information content (AvgIpc) is 2.21. The Balaban J connectivity index is 3.15. The second-order valence-electron chi connectivity index (χ2n) is 4.45. The molecular weight excluding hydrogens is 170 g/mol. The zero-order chi connectivity index (χ0) is 10.6. The van der Waals surface area contributed by atoms with Crippen molar-refractivity contribution in [2.24, 2.45) is 11.7 Å². The molecule has 0 saturated heterocycles. The Hall–Kier alpha value is -0.0400. The summed E-state index contributed by atoms with van der Waals surface area (Å²) in [5, 5.41) is 0. The molecule has 1 atom stereocenters. The van der Waals surface area contributed by atoms with Crippen molar-refractivity contribution < 1.29 is 0 Å². The molecule has 0 radical (unpaired) electrons. The second kappa shape index (κ2) is 11.0. The van der Waals surface area contributed by atoms with E-state index in [2.05, 4.69) is 13.8 Å². The molecule has 0 bridgehead atoms. The Kier molecular flexibility index (Phi) is 11.0. The van der Waals surface area contributed by atoms with E-state index in [4.69, 9.17) is 5.73 Å². The van der Waals surface area contributed by atoms with E-state index in [0.29, 0.717) is 0 Å². The van der Waals surface area contributed by atoms with Gasteiger partial charge in [0.25, 0.3) is 0 Å². The highest BCUT2D eigenvalue weighted by atomic mass is 14.5. The van der Waals surface area contributed by atoms with E-state index < -0.39 is 0 Å². The lowest BCUT2D eigenvalue weighted by molar-refractivity contribution is 0.428. The maximum Gasteiger partial charge on any atom is -0.00489 e. The van der Waals surface area contributed by atoms with Crippen molar-refractivity contribution in [1.29, 1.82) is 0 Å².